The van der Waals surface area contributed by atoms with Gasteiger partial charge < -0.3 is 0 Å². The van der Waals surface area contributed by atoms with Crippen molar-refractivity contribution in [3.8, 4) is 11.4 Å². The van der Waals surface area contributed by atoms with Crippen molar-refractivity contribution < 1.29 is 8.42 Å². The minimum atomic E-state index is -3.24. The van der Waals surface area contributed by atoms with Gasteiger partial charge in [-0.1, -0.05) is 12.1 Å². The molecule has 1 N–H and O–H groups in total. The van der Waals surface area contributed by atoms with Gasteiger partial charge in [0.15, 0.2) is 15.7 Å². The lowest BCUT2D eigenvalue weighted by molar-refractivity contribution is 0.602. The Morgan fingerprint density at radius 1 is 1.21 bits per heavy atom. The molecule has 0 atom stereocenters. The lowest BCUT2D eigenvalue weighted by Crippen LogP contribution is -1.97. The van der Waals surface area contributed by atoms with Crippen molar-refractivity contribution in [1.82, 2.24) is 20.2 Å². The van der Waals surface area contributed by atoms with Crippen molar-refractivity contribution in [3.63, 3.8) is 0 Å². The van der Waals surface area contributed by atoms with E-state index in [0.29, 0.717) is 16.9 Å². The fraction of sp³-hybridized carbons (Fsp3) is 0.0833. The van der Waals surface area contributed by atoms with Crippen LogP contribution in [0.2, 0.25) is 0 Å². The standard InChI is InChI=1S/C12H10N4O2S/c1-19(17,18)9-4-2-3-8(5-9)12-13-6-11-10(15-12)7-14-16-11/h2-7H,1H3,(H,14,16). The number of aromatic nitrogens is 4. The van der Waals surface area contributed by atoms with E-state index in [9.17, 15) is 8.42 Å². The normalized spacial score (nSPS) is 11.8. The number of hydrogen-bond donors (Lipinski definition) is 1. The quantitative estimate of drug-likeness (QED) is 0.763. The molecule has 0 fully saturated rings. The van der Waals surface area contributed by atoms with Gasteiger partial charge in [-0.25, -0.2) is 18.4 Å². The Kier molecular flexibility index (Phi) is 2.56. The predicted octanol–water partition coefficient (Wildman–Crippen LogP) is 1.42. The van der Waals surface area contributed by atoms with Crippen LogP contribution in [0.5, 0.6) is 0 Å². The monoisotopic (exact) mass is 274 g/mol. The maximum Gasteiger partial charge on any atom is 0.175 e. The van der Waals surface area contributed by atoms with E-state index in [1.54, 1.807) is 36.7 Å². The van der Waals surface area contributed by atoms with Gasteiger partial charge in [0.25, 0.3) is 0 Å². The van der Waals surface area contributed by atoms with Crippen molar-refractivity contribution in [1.29, 1.82) is 0 Å². The van der Waals surface area contributed by atoms with E-state index in [1.165, 1.54) is 6.26 Å². The van der Waals surface area contributed by atoms with Crippen LogP contribution < -0.4 is 0 Å². The number of sulfone groups is 1. The predicted molar refractivity (Wildman–Crippen MR) is 70.2 cm³/mol. The second kappa shape index (κ2) is 4.13. The molecule has 0 saturated carbocycles. The molecule has 0 aliphatic carbocycles. The van der Waals surface area contributed by atoms with Gasteiger partial charge in [-0.15, -0.1) is 0 Å². The molecule has 0 unspecified atom stereocenters. The van der Waals surface area contributed by atoms with Crippen molar-refractivity contribution in [2.75, 3.05) is 6.26 Å². The van der Waals surface area contributed by atoms with E-state index in [4.69, 9.17) is 0 Å². The molecule has 0 radical (unpaired) electrons. The first-order valence-corrected chi connectivity index (χ1v) is 7.40. The highest BCUT2D eigenvalue weighted by Crippen LogP contribution is 2.20. The number of benzene rings is 1. The molecule has 0 aliphatic heterocycles. The molecule has 2 heterocycles. The van der Waals surface area contributed by atoms with E-state index in [1.807, 2.05) is 0 Å². The van der Waals surface area contributed by atoms with Crippen LogP contribution in [0.4, 0.5) is 0 Å². The summed E-state index contributed by atoms with van der Waals surface area (Å²) < 4.78 is 23.1. The zero-order chi connectivity index (χ0) is 13.5. The lowest BCUT2D eigenvalue weighted by Gasteiger charge is -2.02. The summed E-state index contributed by atoms with van der Waals surface area (Å²) in [6, 6.07) is 6.57. The van der Waals surface area contributed by atoms with E-state index in [-0.39, 0.29) is 4.90 Å². The Morgan fingerprint density at radius 2 is 2.05 bits per heavy atom. The minimum absolute atomic E-state index is 0.251. The van der Waals surface area contributed by atoms with Gasteiger partial charge in [0, 0.05) is 11.8 Å². The molecule has 0 bridgehead atoms. The molecule has 0 saturated heterocycles. The van der Waals surface area contributed by atoms with Crippen molar-refractivity contribution in [3.05, 3.63) is 36.7 Å². The minimum Gasteiger partial charge on any atom is -0.275 e. The molecule has 96 valence electrons. The number of H-pyrrole nitrogens is 1. The Bertz CT molecular complexity index is 855. The third-order valence-corrected chi connectivity index (χ3v) is 3.82. The summed E-state index contributed by atoms with van der Waals surface area (Å²) in [6.07, 6.45) is 4.39. The van der Waals surface area contributed by atoms with Gasteiger partial charge in [0.2, 0.25) is 0 Å². The first-order chi connectivity index (χ1) is 9.04. The first kappa shape index (κ1) is 11.8. The molecule has 0 amide bonds. The van der Waals surface area contributed by atoms with Crippen molar-refractivity contribution in [2.45, 2.75) is 4.90 Å². The van der Waals surface area contributed by atoms with Crippen molar-refractivity contribution in [2.24, 2.45) is 0 Å². The van der Waals surface area contributed by atoms with Crippen LogP contribution in [0, 0.1) is 0 Å². The fourth-order valence-electron chi connectivity index (χ4n) is 1.75. The highest BCUT2D eigenvalue weighted by atomic mass is 32.2. The van der Waals surface area contributed by atoms with Crippen LogP contribution in [0.15, 0.2) is 41.6 Å². The second-order valence-electron chi connectivity index (χ2n) is 4.16. The summed E-state index contributed by atoms with van der Waals surface area (Å²) in [5.41, 5.74) is 2.09. The van der Waals surface area contributed by atoms with Gasteiger partial charge in [-0.05, 0) is 12.1 Å². The van der Waals surface area contributed by atoms with Gasteiger partial charge in [-0.3, -0.25) is 5.10 Å². The van der Waals surface area contributed by atoms with Crippen LogP contribution in [-0.2, 0) is 9.84 Å². The molecule has 19 heavy (non-hydrogen) atoms. The zero-order valence-electron chi connectivity index (χ0n) is 10.0. The third-order valence-electron chi connectivity index (χ3n) is 2.71. The molecule has 6 nitrogen and oxygen atoms in total. The molecule has 2 aromatic heterocycles. The fourth-order valence-corrected chi connectivity index (χ4v) is 2.41. The van der Waals surface area contributed by atoms with E-state index < -0.39 is 9.84 Å². The number of fused-ring (bicyclic) bond motifs is 1. The largest absolute Gasteiger partial charge is 0.275 e. The first-order valence-electron chi connectivity index (χ1n) is 5.51. The van der Waals surface area contributed by atoms with Gasteiger partial charge in [0.1, 0.15) is 11.0 Å². The lowest BCUT2D eigenvalue weighted by atomic mass is 10.2. The number of rotatable bonds is 2. The smallest absolute Gasteiger partial charge is 0.175 e. The van der Waals surface area contributed by atoms with Crippen LogP contribution in [0.3, 0.4) is 0 Å². The summed E-state index contributed by atoms with van der Waals surface area (Å²) in [5.74, 6) is 0.472. The second-order valence-corrected chi connectivity index (χ2v) is 6.18. The Morgan fingerprint density at radius 3 is 2.84 bits per heavy atom. The molecule has 0 aliphatic rings. The summed E-state index contributed by atoms with van der Waals surface area (Å²) in [4.78, 5) is 8.78. The third kappa shape index (κ3) is 2.19. The van der Waals surface area contributed by atoms with E-state index in [2.05, 4.69) is 20.2 Å². The Hall–Kier alpha value is -2.28. The number of aromatic amines is 1. The topological polar surface area (TPSA) is 88.6 Å². The van der Waals surface area contributed by atoms with Crippen LogP contribution >= 0.6 is 0 Å². The van der Waals surface area contributed by atoms with Crippen LogP contribution in [0.1, 0.15) is 0 Å². The Labute approximate surface area is 109 Å². The average molecular weight is 274 g/mol. The van der Waals surface area contributed by atoms with Gasteiger partial charge in [-0.2, -0.15) is 5.10 Å². The molecule has 3 rings (SSSR count). The number of nitrogens with one attached hydrogen (secondary N) is 1. The summed E-state index contributed by atoms with van der Waals surface area (Å²) in [6.45, 7) is 0. The zero-order valence-corrected chi connectivity index (χ0v) is 10.8. The van der Waals surface area contributed by atoms with Gasteiger partial charge >= 0.3 is 0 Å². The highest BCUT2D eigenvalue weighted by molar-refractivity contribution is 7.90. The molecular formula is C12H10N4O2S. The molecular weight excluding hydrogens is 264 g/mol. The maximum absolute atomic E-state index is 11.5. The van der Waals surface area contributed by atoms with Crippen molar-refractivity contribution >= 4 is 20.9 Å². The summed E-state index contributed by atoms with van der Waals surface area (Å²) >= 11 is 0. The number of nitrogens with zero attached hydrogens (tertiary/aromatic N) is 3. The van der Waals surface area contributed by atoms with Crippen LogP contribution in [0.25, 0.3) is 22.4 Å². The molecule has 0 spiro atoms. The average Bonchev–Trinajstić information content (AvgIpc) is 2.85. The summed E-state index contributed by atoms with van der Waals surface area (Å²) in [5, 5.41) is 6.63. The molecule has 7 heteroatoms. The van der Waals surface area contributed by atoms with E-state index in [0.717, 1.165) is 5.52 Å². The molecule has 1 aromatic carbocycles. The molecule has 3 aromatic rings. The Balaban J connectivity index is 2.15. The highest BCUT2D eigenvalue weighted by Gasteiger charge is 2.10. The van der Waals surface area contributed by atoms with Crippen LogP contribution in [-0.4, -0.2) is 34.8 Å². The number of hydrogen-bond acceptors (Lipinski definition) is 5. The summed E-state index contributed by atoms with van der Waals surface area (Å²) in [7, 11) is -3.24. The van der Waals surface area contributed by atoms with E-state index >= 15 is 0 Å². The van der Waals surface area contributed by atoms with Gasteiger partial charge in [0.05, 0.1) is 17.3 Å². The maximum atomic E-state index is 11.5. The SMILES string of the molecule is CS(=O)(=O)c1cccc(-c2ncc3[nH]ncc3n2)c1.